The van der Waals surface area contributed by atoms with Crippen LogP contribution in [0.4, 0.5) is 5.82 Å². The first kappa shape index (κ1) is 14.5. The predicted octanol–water partition coefficient (Wildman–Crippen LogP) is 2.73. The molecule has 0 saturated heterocycles. The van der Waals surface area contributed by atoms with E-state index < -0.39 is 0 Å². The Bertz CT molecular complexity index is 525. The molecule has 4 nitrogen and oxygen atoms in total. The van der Waals surface area contributed by atoms with E-state index in [0.29, 0.717) is 0 Å². The molecule has 0 aliphatic rings. The van der Waals surface area contributed by atoms with E-state index in [-0.39, 0.29) is 0 Å². The predicted molar refractivity (Wildman–Crippen MR) is 83.9 cm³/mol. The average Bonchev–Trinajstić information content (AvgIpc) is 2.52. The summed E-state index contributed by atoms with van der Waals surface area (Å²) in [5.74, 6) is 0.847. The molecule has 0 unspecified atom stereocenters. The first-order chi connectivity index (χ1) is 9.85. The number of benzene rings is 1. The quantitative estimate of drug-likeness (QED) is 0.760. The second-order valence-corrected chi connectivity index (χ2v) is 4.60. The van der Waals surface area contributed by atoms with Gasteiger partial charge in [-0.15, -0.1) is 10.2 Å². The Morgan fingerprint density at radius 1 is 1.00 bits per heavy atom. The number of hydrogen-bond acceptors (Lipinski definition) is 4. The van der Waals surface area contributed by atoms with Crippen molar-refractivity contribution in [1.29, 1.82) is 0 Å². The normalized spacial score (nSPS) is 10.5. The Balaban J connectivity index is 2.12. The molecule has 2 aromatic rings. The molecule has 1 heterocycles. The second kappa shape index (κ2) is 7.60. The molecule has 0 spiro atoms. The van der Waals surface area contributed by atoms with Gasteiger partial charge in [-0.25, -0.2) is 0 Å². The van der Waals surface area contributed by atoms with Gasteiger partial charge in [0.15, 0.2) is 0 Å². The summed E-state index contributed by atoms with van der Waals surface area (Å²) >= 11 is 0. The van der Waals surface area contributed by atoms with Crippen molar-refractivity contribution >= 4 is 5.82 Å². The third-order valence-electron chi connectivity index (χ3n) is 3.16. The third kappa shape index (κ3) is 3.78. The number of likely N-dealkylation sites (N-methyl/N-ethyl adjacent to an activating group) is 1. The molecule has 0 aliphatic heterocycles. The van der Waals surface area contributed by atoms with Gasteiger partial charge in [-0.2, -0.15) is 0 Å². The largest absolute Gasteiger partial charge is 0.367 e. The Morgan fingerprint density at radius 3 is 2.50 bits per heavy atom. The van der Waals surface area contributed by atoms with Crippen LogP contribution in [0.1, 0.15) is 19.4 Å². The van der Waals surface area contributed by atoms with Gasteiger partial charge < -0.3 is 10.6 Å². The molecule has 0 saturated carbocycles. The molecule has 20 heavy (non-hydrogen) atoms. The lowest BCUT2D eigenvalue weighted by Crippen LogP contribution is -2.22. The van der Waals surface area contributed by atoms with Crippen molar-refractivity contribution in [2.75, 3.05) is 25.0 Å². The highest BCUT2D eigenvalue weighted by atomic mass is 15.2. The highest BCUT2D eigenvalue weighted by Gasteiger charge is 2.07. The van der Waals surface area contributed by atoms with Crippen LogP contribution < -0.4 is 10.6 Å². The number of rotatable bonds is 7. The van der Waals surface area contributed by atoms with E-state index in [0.717, 1.165) is 43.1 Å². The van der Waals surface area contributed by atoms with Gasteiger partial charge in [-0.05, 0) is 24.6 Å². The minimum Gasteiger partial charge on any atom is -0.367 e. The van der Waals surface area contributed by atoms with Crippen LogP contribution in [0.5, 0.6) is 0 Å². The molecule has 0 aliphatic carbocycles. The summed E-state index contributed by atoms with van der Waals surface area (Å²) in [6.45, 7) is 7.02. The van der Waals surface area contributed by atoms with E-state index in [4.69, 9.17) is 0 Å². The number of hydrogen-bond donors (Lipinski definition) is 2. The molecular weight excluding hydrogens is 248 g/mol. The van der Waals surface area contributed by atoms with Crippen LogP contribution in [0, 0.1) is 0 Å². The molecule has 0 fully saturated rings. The summed E-state index contributed by atoms with van der Waals surface area (Å²) < 4.78 is 0. The van der Waals surface area contributed by atoms with Crippen molar-refractivity contribution in [2.24, 2.45) is 0 Å². The van der Waals surface area contributed by atoms with E-state index in [1.54, 1.807) is 0 Å². The monoisotopic (exact) mass is 270 g/mol. The minimum absolute atomic E-state index is 0.847. The fraction of sp³-hybridized carbons (Fsp3) is 0.375. The molecule has 0 radical (unpaired) electrons. The van der Waals surface area contributed by atoms with Crippen molar-refractivity contribution in [1.82, 2.24) is 15.5 Å². The van der Waals surface area contributed by atoms with E-state index in [1.807, 2.05) is 18.2 Å². The van der Waals surface area contributed by atoms with Crippen molar-refractivity contribution in [3.63, 3.8) is 0 Å². The Morgan fingerprint density at radius 2 is 1.80 bits per heavy atom. The van der Waals surface area contributed by atoms with Gasteiger partial charge in [-0.1, -0.05) is 44.2 Å². The molecule has 0 bridgehead atoms. The summed E-state index contributed by atoms with van der Waals surface area (Å²) in [4.78, 5) is 0. The highest BCUT2D eigenvalue weighted by Crippen LogP contribution is 2.22. The van der Waals surface area contributed by atoms with Crippen molar-refractivity contribution < 1.29 is 0 Å². The molecule has 1 aromatic heterocycles. The molecule has 0 amide bonds. The van der Waals surface area contributed by atoms with Gasteiger partial charge in [0.05, 0.1) is 5.69 Å². The Hall–Kier alpha value is -1.94. The molecule has 106 valence electrons. The van der Waals surface area contributed by atoms with E-state index in [1.165, 1.54) is 5.56 Å². The van der Waals surface area contributed by atoms with Gasteiger partial charge in [0.25, 0.3) is 0 Å². The van der Waals surface area contributed by atoms with E-state index in [2.05, 4.69) is 52.9 Å². The number of anilines is 1. The highest BCUT2D eigenvalue weighted by molar-refractivity contribution is 5.63. The summed E-state index contributed by atoms with van der Waals surface area (Å²) in [5.41, 5.74) is 3.32. The van der Waals surface area contributed by atoms with Gasteiger partial charge in [0.1, 0.15) is 5.82 Å². The van der Waals surface area contributed by atoms with Gasteiger partial charge in [0, 0.05) is 18.7 Å². The molecule has 1 aromatic carbocycles. The fourth-order valence-corrected chi connectivity index (χ4v) is 2.08. The van der Waals surface area contributed by atoms with Crippen LogP contribution in [-0.4, -0.2) is 29.8 Å². The smallest absolute Gasteiger partial charge is 0.149 e. The van der Waals surface area contributed by atoms with Crippen LogP contribution >= 0.6 is 0 Å². The standard InChI is InChI=1S/C16H22N4/c1-3-13-12-15(18-11-10-17-4-2)19-20-16(13)14-8-6-5-7-9-14/h5-9,12,17H,3-4,10-11H2,1-2H3,(H,18,19). The van der Waals surface area contributed by atoms with Crippen LogP contribution in [0.25, 0.3) is 11.3 Å². The SMILES string of the molecule is CCNCCNc1cc(CC)c(-c2ccccc2)nn1. The average molecular weight is 270 g/mol. The summed E-state index contributed by atoms with van der Waals surface area (Å²) in [6, 6.07) is 12.3. The Kier molecular flexibility index (Phi) is 5.50. The summed E-state index contributed by atoms with van der Waals surface area (Å²) in [7, 11) is 0. The lowest BCUT2D eigenvalue weighted by atomic mass is 10.0. The minimum atomic E-state index is 0.847. The van der Waals surface area contributed by atoms with E-state index >= 15 is 0 Å². The lowest BCUT2D eigenvalue weighted by Gasteiger charge is -2.10. The Labute approximate surface area is 120 Å². The van der Waals surface area contributed by atoms with Crippen LogP contribution in [0.2, 0.25) is 0 Å². The van der Waals surface area contributed by atoms with Crippen LogP contribution in [0.15, 0.2) is 36.4 Å². The first-order valence-electron chi connectivity index (χ1n) is 7.21. The lowest BCUT2D eigenvalue weighted by molar-refractivity contribution is 0.736. The molecular formula is C16H22N4. The van der Waals surface area contributed by atoms with Crippen LogP contribution in [-0.2, 0) is 6.42 Å². The maximum absolute atomic E-state index is 4.39. The molecule has 2 N–H and O–H groups in total. The van der Waals surface area contributed by atoms with E-state index in [9.17, 15) is 0 Å². The zero-order valence-corrected chi connectivity index (χ0v) is 12.2. The van der Waals surface area contributed by atoms with Crippen molar-refractivity contribution in [3.05, 3.63) is 42.0 Å². The van der Waals surface area contributed by atoms with Gasteiger partial charge in [0.2, 0.25) is 0 Å². The molecule has 2 rings (SSSR count). The fourth-order valence-electron chi connectivity index (χ4n) is 2.08. The number of nitrogens with one attached hydrogen (secondary N) is 2. The van der Waals surface area contributed by atoms with Gasteiger partial charge in [-0.3, -0.25) is 0 Å². The number of aromatic nitrogens is 2. The molecule has 4 heteroatoms. The number of aryl methyl sites for hydroxylation is 1. The van der Waals surface area contributed by atoms with Crippen molar-refractivity contribution in [2.45, 2.75) is 20.3 Å². The van der Waals surface area contributed by atoms with Crippen molar-refractivity contribution in [3.8, 4) is 11.3 Å². The maximum Gasteiger partial charge on any atom is 0.149 e. The topological polar surface area (TPSA) is 49.8 Å². The zero-order chi connectivity index (χ0) is 14.2. The van der Waals surface area contributed by atoms with Crippen LogP contribution in [0.3, 0.4) is 0 Å². The second-order valence-electron chi connectivity index (χ2n) is 4.60. The third-order valence-corrected chi connectivity index (χ3v) is 3.16. The first-order valence-corrected chi connectivity index (χ1v) is 7.21. The molecule has 0 atom stereocenters. The number of nitrogens with zero attached hydrogens (tertiary/aromatic N) is 2. The zero-order valence-electron chi connectivity index (χ0n) is 12.2. The van der Waals surface area contributed by atoms with Gasteiger partial charge >= 0.3 is 0 Å². The summed E-state index contributed by atoms with van der Waals surface area (Å²) in [5, 5.41) is 15.2. The maximum atomic E-state index is 4.39. The summed E-state index contributed by atoms with van der Waals surface area (Å²) in [6.07, 6.45) is 0.946.